The van der Waals surface area contributed by atoms with Gasteiger partial charge in [0.25, 0.3) is 0 Å². The summed E-state index contributed by atoms with van der Waals surface area (Å²) in [5.74, 6) is 0.366. The Kier molecular flexibility index (Phi) is 6.50. The first-order valence-electron chi connectivity index (χ1n) is 10.7. The predicted molar refractivity (Wildman–Crippen MR) is 123 cm³/mol. The fraction of sp³-hybridized carbons (Fsp3) is 0.522. The Balaban J connectivity index is 0.000000207. The molecule has 1 aliphatic heterocycles. The molecule has 3 aromatic heterocycles. The first-order chi connectivity index (χ1) is 14.9. The third-order valence-corrected chi connectivity index (χ3v) is 6.31. The summed E-state index contributed by atoms with van der Waals surface area (Å²) in [6, 6.07) is 4.82. The SMILES string of the molecule is CC1(C)CCC(C)(C)C(C)(C)N1.COc1ccc(-c2ncc(-n3nccn3)cc2O)nn1. The lowest BCUT2D eigenvalue weighted by atomic mass is 9.65. The normalized spacial score (nSPS) is 18.3. The fourth-order valence-electron chi connectivity index (χ4n) is 3.67. The van der Waals surface area contributed by atoms with Crippen molar-refractivity contribution in [2.45, 2.75) is 65.5 Å². The van der Waals surface area contributed by atoms with Gasteiger partial charge in [0, 0.05) is 23.2 Å². The van der Waals surface area contributed by atoms with Crippen molar-refractivity contribution in [1.29, 1.82) is 0 Å². The second kappa shape index (κ2) is 8.82. The molecule has 9 nitrogen and oxygen atoms in total. The van der Waals surface area contributed by atoms with Crippen molar-refractivity contribution in [2.24, 2.45) is 5.41 Å². The number of nitrogens with one attached hydrogen (secondary N) is 1. The molecule has 1 aliphatic rings. The Morgan fingerprint density at radius 2 is 1.69 bits per heavy atom. The molecular formula is C23H33N7O2. The maximum Gasteiger partial charge on any atom is 0.233 e. The van der Waals surface area contributed by atoms with Crippen LogP contribution in [0.5, 0.6) is 11.6 Å². The number of piperidine rings is 1. The molecular weight excluding hydrogens is 406 g/mol. The summed E-state index contributed by atoms with van der Waals surface area (Å²) < 4.78 is 4.93. The highest BCUT2D eigenvalue weighted by molar-refractivity contribution is 5.63. The van der Waals surface area contributed by atoms with Gasteiger partial charge in [0.05, 0.1) is 25.7 Å². The highest BCUT2D eigenvalue weighted by atomic mass is 16.5. The van der Waals surface area contributed by atoms with E-state index in [9.17, 15) is 5.11 Å². The van der Waals surface area contributed by atoms with Crippen LogP contribution in [0.15, 0.2) is 36.8 Å². The fourth-order valence-corrected chi connectivity index (χ4v) is 3.67. The molecule has 0 bridgehead atoms. The van der Waals surface area contributed by atoms with E-state index in [1.165, 1.54) is 30.8 Å². The van der Waals surface area contributed by atoms with Gasteiger partial charge < -0.3 is 15.2 Å². The number of methoxy groups -OCH3 is 1. The lowest BCUT2D eigenvalue weighted by Crippen LogP contribution is -2.63. The Morgan fingerprint density at radius 1 is 1.00 bits per heavy atom. The molecule has 0 radical (unpaired) electrons. The topological polar surface area (TPSA) is 111 Å². The minimum Gasteiger partial charge on any atom is -0.506 e. The molecule has 0 aliphatic carbocycles. The lowest BCUT2D eigenvalue weighted by Gasteiger charge is -2.53. The largest absolute Gasteiger partial charge is 0.506 e. The van der Waals surface area contributed by atoms with E-state index in [1.54, 1.807) is 30.7 Å². The second-order valence-corrected chi connectivity index (χ2v) is 9.86. The van der Waals surface area contributed by atoms with Gasteiger partial charge in [0.2, 0.25) is 5.88 Å². The zero-order chi connectivity index (χ0) is 23.6. The van der Waals surface area contributed by atoms with Crippen molar-refractivity contribution in [3.63, 3.8) is 0 Å². The summed E-state index contributed by atoms with van der Waals surface area (Å²) in [7, 11) is 1.51. The van der Waals surface area contributed by atoms with Crippen molar-refractivity contribution in [3.05, 3.63) is 36.8 Å². The van der Waals surface area contributed by atoms with Gasteiger partial charge >= 0.3 is 0 Å². The van der Waals surface area contributed by atoms with Crippen LogP contribution in [-0.4, -0.2) is 53.5 Å². The van der Waals surface area contributed by atoms with Gasteiger partial charge in [-0.3, -0.25) is 0 Å². The number of aromatic hydroxyl groups is 1. The van der Waals surface area contributed by atoms with Crippen LogP contribution < -0.4 is 10.1 Å². The van der Waals surface area contributed by atoms with E-state index in [4.69, 9.17) is 4.74 Å². The summed E-state index contributed by atoms with van der Waals surface area (Å²) in [6.07, 6.45) is 7.23. The van der Waals surface area contributed by atoms with E-state index in [0.29, 0.717) is 33.9 Å². The lowest BCUT2D eigenvalue weighted by molar-refractivity contribution is 0.0461. The number of nitrogens with zero attached hydrogens (tertiary/aromatic N) is 6. The second-order valence-electron chi connectivity index (χ2n) is 9.86. The maximum absolute atomic E-state index is 10.0. The molecule has 172 valence electrons. The highest BCUT2D eigenvalue weighted by Gasteiger charge is 2.44. The van der Waals surface area contributed by atoms with Crippen molar-refractivity contribution in [1.82, 2.24) is 35.5 Å². The van der Waals surface area contributed by atoms with Gasteiger partial charge in [-0.25, -0.2) is 4.98 Å². The number of aromatic nitrogens is 6. The highest BCUT2D eigenvalue weighted by Crippen LogP contribution is 2.42. The summed E-state index contributed by atoms with van der Waals surface area (Å²) in [5, 5.41) is 29.5. The summed E-state index contributed by atoms with van der Waals surface area (Å²) >= 11 is 0. The molecule has 4 heterocycles. The average molecular weight is 440 g/mol. The van der Waals surface area contributed by atoms with Crippen LogP contribution in [0.4, 0.5) is 0 Å². The summed E-state index contributed by atoms with van der Waals surface area (Å²) in [5.41, 5.74) is 2.33. The van der Waals surface area contributed by atoms with E-state index < -0.39 is 0 Å². The van der Waals surface area contributed by atoms with Crippen LogP contribution in [0.3, 0.4) is 0 Å². The first kappa shape index (κ1) is 23.6. The van der Waals surface area contributed by atoms with Gasteiger partial charge in [-0.15, -0.1) is 15.0 Å². The number of pyridine rings is 1. The average Bonchev–Trinajstić information content (AvgIpc) is 3.26. The van der Waals surface area contributed by atoms with E-state index in [-0.39, 0.29) is 11.3 Å². The first-order valence-corrected chi connectivity index (χ1v) is 10.7. The summed E-state index contributed by atoms with van der Waals surface area (Å²) in [4.78, 5) is 5.52. The Bertz CT molecular complexity index is 1030. The van der Waals surface area contributed by atoms with Gasteiger partial charge in [-0.05, 0) is 52.0 Å². The van der Waals surface area contributed by atoms with Crippen molar-refractivity contribution >= 4 is 0 Å². The predicted octanol–water partition coefficient (Wildman–Crippen LogP) is 3.79. The molecule has 0 atom stereocenters. The van der Waals surface area contributed by atoms with Crippen molar-refractivity contribution in [3.8, 4) is 28.7 Å². The smallest absolute Gasteiger partial charge is 0.233 e. The Hall–Kier alpha value is -3.07. The minimum absolute atomic E-state index is 0.0285. The molecule has 1 fully saturated rings. The molecule has 1 saturated heterocycles. The molecule has 4 rings (SSSR count). The van der Waals surface area contributed by atoms with E-state index in [0.717, 1.165) is 0 Å². The summed E-state index contributed by atoms with van der Waals surface area (Å²) in [6.45, 7) is 13.9. The Labute approximate surface area is 189 Å². The zero-order valence-corrected chi connectivity index (χ0v) is 19.9. The number of ether oxygens (including phenoxy) is 1. The minimum atomic E-state index is -0.0285. The standard InChI is InChI=1S/C12H10N6O2.C11H23N/c1-20-11-3-2-9(16-17-11)12-10(19)6-8(7-13-12)18-14-4-5-15-18;1-9(2)7-8-10(3,4)12-11(9,5)6/h2-7,19H,1H3;12H,7-8H2,1-6H3. The monoisotopic (exact) mass is 439 g/mol. The molecule has 0 spiro atoms. The van der Waals surface area contributed by atoms with Gasteiger partial charge in [0.15, 0.2) is 0 Å². The van der Waals surface area contributed by atoms with Crippen molar-refractivity contribution < 1.29 is 9.84 Å². The number of hydrogen-bond donors (Lipinski definition) is 2. The van der Waals surface area contributed by atoms with Crippen LogP contribution in [0, 0.1) is 5.41 Å². The molecule has 0 saturated carbocycles. The Morgan fingerprint density at radius 3 is 2.19 bits per heavy atom. The molecule has 0 unspecified atom stereocenters. The molecule has 32 heavy (non-hydrogen) atoms. The zero-order valence-electron chi connectivity index (χ0n) is 19.9. The molecule has 9 heteroatoms. The van der Waals surface area contributed by atoms with Crippen LogP contribution in [-0.2, 0) is 0 Å². The van der Waals surface area contributed by atoms with Crippen LogP contribution in [0.1, 0.15) is 54.4 Å². The molecule has 2 N–H and O–H groups in total. The molecule has 0 amide bonds. The number of hydrogen-bond acceptors (Lipinski definition) is 8. The van der Waals surface area contributed by atoms with Gasteiger partial charge in [0.1, 0.15) is 22.8 Å². The van der Waals surface area contributed by atoms with Crippen molar-refractivity contribution in [2.75, 3.05) is 7.11 Å². The number of rotatable bonds is 3. The quantitative estimate of drug-likeness (QED) is 0.634. The maximum atomic E-state index is 10.0. The third-order valence-electron chi connectivity index (χ3n) is 6.31. The van der Waals surface area contributed by atoms with Crippen LogP contribution >= 0.6 is 0 Å². The third kappa shape index (κ3) is 5.21. The van der Waals surface area contributed by atoms with E-state index >= 15 is 0 Å². The van der Waals surface area contributed by atoms with Crippen LogP contribution in [0.2, 0.25) is 0 Å². The van der Waals surface area contributed by atoms with Gasteiger partial charge in [-0.1, -0.05) is 13.8 Å². The molecule has 3 aromatic rings. The van der Waals surface area contributed by atoms with E-state index in [2.05, 4.69) is 72.2 Å². The van der Waals surface area contributed by atoms with Gasteiger partial charge in [-0.2, -0.15) is 10.2 Å². The molecule has 0 aromatic carbocycles. The van der Waals surface area contributed by atoms with Crippen LogP contribution in [0.25, 0.3) is 17.1 Å². The van der Waals surface area contributed by atoms with E-state index in [1.807, 2.05) is 0 Å².